The van der Waals surface area contributed by atoms with Crippen LogP contribution in [0.4, 0.5) is 5.69 Å². The maximum Gasteiger partial charge on any atom is 0.338 e. The van der Waals surface area contributed by atoms with E-state index in [0.29, 0.717) is 5.69 Å². The smallest absolute Gasteiger partial charge is 0.338 e. The van der Waals surface area contributed by atoms with Crippen molar-refractivity contribution in [2.45, 2.75) is 6.92 Å². The van der Waals surface area contributed by atoms with Crippen molar-refractivity contribution in [3.63, 3.8) is 0 Å². The number of ether oxygens (including phenoxy) is 1. The average molecular weight is 285 g/mol. The molecule has 0 saturated carbocycles. The van der Waals surface area contributed by atoms with Crippen LogP contribution in [0, 0.1) is 6.92 Å². The molecule has 21 heavy (non-hydrogen) atoms. The van der Waals surface area contributed by atoms with Crippen LogP contribution in [0.3, 0.4) is 0 Å². The van der Waals surface area contributed by atoms with Crippen LogP contribution in [0.2, 0.25) is 0 Å². The number of aromatic hydroxyl groups is 1. The van der Waals surface area contributed by atoms with Gasteiger partial charge < -0.3 is 15.2 Å². The second kappa shape index (κ2) is 6.56. The number of hydrogen-bond donors (Lipinski definition) is 2. The molecule has 108 valence electrons. The molecule has 5 nitrogen and oxygen atoms in total. The van der Waals surface area contributed by atoms with Gasteiger partial charge in [0.1, 0.15) is 5.75 Å². The fourth-order valence-corrected chi connectivity index (χ4v) is 1.73. The lowest BCUT2D eigenvalue weighted by atomic mass is 10.2. The number of carbonyl (C=O) groups is 2. The second-order valence-electron chi connectivity index (χ2n) is 4.54. The zero-order valence-corrected chi connectivity index (χ0v) is 11.5. The number of hydrogen-bond acceptors (Lipinski definition) is 4. The number of rotatable bonds is 4. The van der Waals surface area contributed by atoms with E-state index in [9.17, 15) is 9.59 Å². The lowest BCUT2D eigenvalue weighted by molar-refractivity contribution is -0.119. The van der Waals surface area contributed by atoms with Gasteiger partial charge in [-0.25, -0.2) is 4.79 Å². The molecule has 0 fully saturated rings. The number of phenolic OH excluding ortho intramolecular Hbond substituents is 1. The van der Waals surface area contributed by atoms with Crippen LogP contribution in [0.25, 0.3) is 0 Å². The van der Waals surface area contributed by atoms with Gasteiger partial charge in [0.05, 0.1) is 5.56 Å². The SMILES string of the molecule is Cc1cccc(NC(=O)COC(=O)c2ccc(O)cc2)c1. The first-order valence-corrected chi connectivity index (χ1v) is 6.37. The summed E-state index contributed by atoms with van der Waals surface area (Å²) >= 11 is 0. The summed E-state index contributed by atoms with van der Waals surface area (Å²) in [5, 5.41) is 11.8. The molecule has 2 rings (SSSR count). The number of carbonyl (C=O) groups excluding carboxylic acids is 2. The molecule has 0 heterocycles. The molecule has 0 saturated heterocycles. The Bertz CT molecular complexity index is 650. The summed E-state index contributed by atoms with van der Waals surface area (Å²) < 4.78 is 4.90. The van der Waals surface area contributed by atoms with E-state index in [1.807, 2.05) is 25.1 Å². The second-order valence-corrected chi connectivity index (χ2v) is 4.54. The van der Waals surface area contributed by atoms with Crippen molar-refractivity contribution >= 4 is 17.6 Å². The number of amides is 1. The molecule has 0 aliphatic rings. The first-order valence-electron chi connectivity index (χ1n) is 6.37. The molecule has 0 aliphatic carbocycles. The van der Waals surface area contributed by atoms with Crippen molar-refractivity contribution in [1.29, 1.82) is 0 Å². The normalized spacial score (nSPS) is 9.95. The Labute approximate surface area is 122 Å². The summed E-state index contributed by atoms with van der Waals surface area (Å²) in [5.41, 5.74) is 1.95. The topological polar surface area (TPSA) is 75.6 Å². The molecular formula is C16H15NO4. The predicted molar refractivity (Wildman–Crippen MR) is 78.2 cm³/mol. The van der Waals surface area contributed by atoms with Gasteiger partial charge in [0.2, 0.25) is 0 Å². The average Bonchev–Trinajstić information content (AvgIpc) is 2.45. The van der Waals surface area contributed by atoms with Gasteiger partial charge in [0.25, 0.3) is 5.91 Å². The number of benzene rings is 2. The lowest BCUT2D eigenvalue weighted by Crippen LogP contribution is -2.20. The summed E-state index contributed by atoms with van der Waals surface area (Å²) in [6.07, 6.45) is 0. The minimum atomic E-state index is -0.616. The molecule has 2 aromatic carbocycles. The molecule has 0 aromatic heterocycles. The Morgan fingerprint density at radius 3 is 2.52 bits per heavy atom. The van der Waals surface area contributed by atoms with Crippen LogP contribution in [-0.2, 0) is 9.53 Å². The summed E-state index contributed by atoms with van der Waals surface area (Å²) in [5.74, 6) is -0.967. The molecule has 0 unspecified atom stereocenters. The van der Waals surface area contributed by atoms with Crippen LogP contribution in [0.5, 0.6) is 5.75 Å². The standard InChI is InChI=1S/C16H15NO4/c1-11-3-2-4-13(9-11)17-15(19)10-21-16(20)12-5-7-14(18)8-6-12/h2-9,18H,10H2,1H3,(H,17,19). The van der Waals surface area contributed by atoms with E-state index in [4.69, 9.17) is 9.84 Å². The molecule has 0 radical (unpaired) electrons. The van der Waals surface area contributed by atoms with Crippen LogP contribution in [0.15, 0.2) is 48.5 Å². The summed E-state index contributed by atoms with van der Waals surface area (Å²) in [6, 6.07) is 12.9. The Morgan fingerprint density at radius 2 is 1.86 bits per heavy atom. The van der Waals surface area contributed by atoms with E-state index in [1.165, 1.54) is 24.3 Å². The van der Waals surface area contributed by atoms with E-state index < -0.39 is 11.9 Å². The minimum Gasteiger partial charge on any atom is -0.508 e. The van der Waals surface area contributed by atoms with E-state index in [0.717, 1.165) is 5.56 Å². The highest BCUT2D eigenvalue weighted by Gasteiger charge is 2.10. The van der Waals surface area contributed by atoms with E-state index in [-0.39, 0.29) is 17.9 Å². The maximum atomic E-state index is 11.7. The van der Waals surface area contributed by atoms with Crippen LogP contribution in [-0.4, -0.2) is 23.6 Å². The molecule has 2 N–H and O–H groups in total. The number of esters is 1. The Kier molecular flexibility index (Phi) is 4.56. The third-order valence-corrected chi connectivity index (χ3v) is 2.74. The third-order valence-electron chi connectivity index (χ3n) is 2.74. The first kappa shape index (κ1) is 14.6. The van der Waals surface area contributed by atoms with Crippen molar-refractivity contribution in [3.8, 4) is 5.75 Å². The van der Waals surface area contributed by atoms with Gasteiger partial charge in [-0.3, -0.25) is 4.79 Å². The lowest BCUT2D eigenvalue weighted by Gasteiger charge is -2.07. The van der Waals surface area contributed by atoms with Gasteiger partial charge in [-0.1, -0.05) is 12.1 Å². The molecule has 0 aliphatic heterocycles. The van der Waals surface area contributed by atoms with Crippen LogP contribution in [0.1, 0.15) is 15.9 Å². The zero-order chi connectivity index (χ0) is 15.2. The quantitative estimate of drug-likeness (QED) is 0.846. The highest BCUT2D eigenvalue weighted by atomic mass is 16.5. The number of anilines is 1. The molecule has 5 heteroatoms. The van der Waals surface area contributed by atoms with Gasteiger partial charge in [0.15, 0.2) is 6.61 Å². The number of aryl methyl sites for hydroxylation is 1. The highest BCUT2D eigenvalue weighted by molar-refractivity contribution is 5.95. The van der Waals surface area contributed by atoms with E-state index >= 15 is 0 Å². The first-order chi connectivity index (χ1) is 10.0. The van der Waals surface area contributed by atoms with Gasteiger partial charge in [-0.15, -0.1) is 0 Å². The summed E-state index contributed by atoms with van der Waals surface area (Å²) in [4.78, 5) is 23.4. The van der Waals surface area contributed by atoms with Crippen molar-refractivity contribution in [3.05, 3.63) is 59.7 Å². The summed E-state index contributed by atoms with van der Waals surface area (Å²) in [7, 11) is 0. The maximum absolute atomic E-state index is 11.7. The minimum absolute atomic E-state index is 0.0590. The van der Waals surface area contributed by atoms with E-state index in [1.54, 1.807) is 6.07 Å². The van der Waals surface area contributed by atoms with Crippen LogP contribution >= 0.6 is 0 Å². The van der Waals surface area contributed by atoms with Crippen molar-refractivity contribution in [2.75, 3.05) is 11.9 Å². The molecule has 2 aromatic rings. The zero-order valence-electron chi connectivity index (χ0n) is 11.5. The van der Waals surface area contributed by atoms with Crippen LogP contribution < -0.4 is 5.32 Å². The molecule has 0 atom stereocenters. The number of phenols is 1. The third kappa shape index (κ3) is 4.35. The van der Waals surface area contributed by atoms with Crippen molar-refractivity contribution in [2.24, 2.45) is 0 Å². The summed E-state index contributed by atoms with van der Waals surface area (Å²) in [6.45, 7) is 1.55. The van der Waals surface area contributed by atoms with Gasteiger partial charge >= 0.3 is 5.97 Å². The van der Waals surface area contributed by atoms with Crippen molar-refractivity contribution < 1.29 is 19.4 Å². The highest BCUT2D eigenvalue weighted by Crippen LogP contribution is 2.11. The Hall–Kier alpha value is -2.82. The van der Waals surface area contributed by atoms with Gasteiger partial charge in [-0.2, -0.15) is 0 Å². The molecule has 0 spiro atoms. The Morgan fingerprint density at radius 1 is 1.14 bits per heavy atom. The van der Waals surface area contributed by atoms with Gasteiger partial charge in [0, 0.05) is 5.69 Å². The molecule has 0 bridgehead atoms. The Balaban J connectivity index is 1.86. The fraction of sp³-hybridized carbons (Fsp3) is 0.125. The molecular weight excluding hydrogens is 270 g/mol. The fourth-order valence-electron chi connectivity index (χ4n) is 1.73. The van der Waals surface area contributed by atoms with Crippen molar-refractivity contribution in [1.82, 2.24) is 0 Å². The predicted octanol–water partition coefficient (Wildman–Crippen LogP) is 2.50. The van der Waals surface area contributed by atoms with Gasteiger partial charge in [-0.05, 0) is 48.9 Å². The largest absolute Gasteiger partial charge is 0.508 e. The monoisotopic (exact) mass is 285 g/mol. The number of nitrogens with one attached hydrogen (secondary N) is 1. The molecule has 1 amide bonds. The van der Waals surface area contributed by atoms with E-state index in [2.05, 4.69) is 5.32 Å².